The van der Waals surface area contributed by atoms with Gasteiger partial charge in [-0.3, -0.25) is 0 Å². The van der Waals surface area contributed by atoms with Crippen LogP contribution in [-0.2, 0) is 11.3 Å². The van der Waals surface area contributed by atoms with E-state index < -0.39 is 0 Å². The molecular weight excluding hydrogens is 217 g/mol. The number of benzene rings is 1. The number of ether oxygens (including phenoxy) is 1. The summed E-state index contributed by atoms with van der Waals surface area (Å²) in [5.74, 6) is -0.163. The number of rotatable bonds is 6. The van der Waals surface area contributed by atoms with E-state index in [9.17, 15) is 4.39 Å². The molecule has 94 valence electrons. The van der Waals surface area contributed by atoms with Gasteiger partial charge in [0.1, 0.15) is 5.82 Å². The van der Waals surface area contributed by atoms with Crippen LogP contribution in [0.15, 0.2) is 24.3 Å². The van der Waals surface area contributed by atoms with Crippen LogP contribution in [-0.4, -0.2) is 19.3 Å². The Balaban J connectivity index is 1.56. The SMILES string of the molecule is Fc1cccc(CNCCCC2CCCO2)c1. The van der Waals surface area contributed by atoms with Gasteiger partial charge in [0.15, 0.2) is 0 Å². The maximum atomic E-state index is 12.9. The summed E-state index contributed by atoms with van der Waals surface area (Å²) in [6.07, 6.45) is 5.16. The lowest BCUT2D eigenvalue weighted by Gasteiger charge is -2.09. The van der Waals surface area contributed by atoms with Crippen molar-refractivity contribution in [2.75, 3.05) is 13.2 Å². The van der Waals surface area contributed by atoms with E-state index in [0.29, 0.717) is 6.10 Å². The summed E-state index contributed by atoms with van der Waals surface area (Å²) < 4.78 is 18.5. The van der Waals surface area contributed by atoms with Crippen LogP contribution < -0.4 is 5.32 Å². The van der Waals surface area contributed by atoms with Gasteiger partial charge in [0.2, 0.25) is 0 Å². The van der Waals surface area contributed by atoms with Crippen molar-refractivity contribution in [2.24, 2.45) is 0 Å². The standard InChI is InChI=1S/C14H20FNO/c15-13-5-1-4-12(10-13)11-16-8-2-6-14-7-3-9-17-14/h1,4-5,10,14,16H,2-3,6-9,11H2. The maximum Gasteiger partial charge on any atom is 0.123 e. The minimum atomic E-state index is -0.163. The minimum Gasteiger partial charge on any atom is -0.378 e. The van der Waals surface area contributed by atoms with Crippen LogP contribution in [0, 0.1) is 5.82 Å². The van der Waals surface area contributed by atoms with Crippen LogP contribution in [0.25, 0.3) is 0 Å². The molecule has 1 aromatic carbocycles. The van der Waals surface area contributed by atoms with E-state index in [0.717, 1.165) is 38.1 Å². The lowest BCUT2D eigenvalue weighted by molar-refractivity contribution is 0.102. The Kier molecular flexibility index (Phi) is 4.95. The van der Waals surface area contributed by atoms with E-state index in [1.807, 2.05) is 6.07 Å². The summed E-state index contributed by atoms with van der Waals surface area (Å²) in [5.41, 5.74) is 1.00. The number of nitrogens with one attached hydrogen (secondary N) is 1. The van der Waals surface area contributed by atoms with Gasteiger partial charge in [-0.15, -0.1) is 0 Å². The number of halogens is 1. The Hall–Kier alpha value is -0.930. The molecule has 1 atom stereocenters. The summed E-state index contributed by atoms with van der Waals surface area (Å²) in [7, 11) is 0. The highest BCUT2D eigenvalue weighted by Gasteiger charge is 2.14. The fourth-order valence-corrected chi connectivity index (χ4v) is 2.21. The van der Waals surface area contributed by atoms with Crippen molar-refractivity contribution in [3.8, 4) is 0 Å². The highest BCUT2D eigenvalue weighted by Crippen LogP contribution is 2.16. The van der Waals surface area contributed by atoms with Crippen molar-refractivity contribution in [3.05, 3.63) is 35.6 Å². The number of hydrogen-bond acceptors (Lipinski definition) is 2. The fourth-order valence-electron chi connectivity index (χ4n) is 2.21. The smallest absolute Gasteiger partial charge is 0.123 e. The third-order valence-corrected chi connectivity index (χ3v) is 3.12. The first-order chi connectivity index (χ1) is 8.34. The second-order valence-electron chi connectivity index (χ2n) is 4.58. The van der Waals surface area contributed by atoms with Crippen LogP contribution in [0.5, 0.6) is 0 Å². The average molecular weight is 237 g/mol. The zero-order chi connectivity index (χ0) is 11.9. The van der Waals surface area contributed by atoms with E-state index in [1.54, 1.807) is 12.1 Å². The largest absolute Gasteiger partial charge is 0.378 e. The van der Waals surface area contributed by atoms with Crippen molar-refractivity contribution in [3.63, 3.8) is 0 Å². The van der Waals surface area contributed by atoms with E-state index >= 15 is 0 Å². The predicted molar refractivity (Wildman–Crippen MR) is 66.3 cm³/mol. The van der Waals surface area contributed by atoms with E-state index in [-0.39, 0.29) is 5.82 Å². The zero-order valence-electron chi connectivity index (χ0n) is 10.1. The van der Waals surface area contributed by atoms with E-state index in [2.05, 4.69) is 5.32 Å². The Morgan fingerprint density at radius 2 is 2.35 bits per heavy atom. The molecule has 1 aliphatic rings. The molecule has 0 aromatic heterocycles. The minimum absolute atomic E-state index is 0.163. The second-order valence-corrected chi connectivity index (χ2v) is 4.58. The van der Waals surface area contributed by atoms with Crippen LogP contribution in [0.4, 0.5) is 4.39 Å². The van der Waals surface area contributed by atoms with Gasteiger partial charge in [0.25, 0.3) is 0 Å². The topological polar surface area (TPSA) is 21.3 Å². The van der Waals surface area contributed by atoms with Crippen LogP contribution in [0.3, 0.4) is 0 Å². The third-order valence-electron chi connectivity index (χ3n) is 3.12. The average Bonchev–Trinajstić information content (AvgIpc) is 2.82. The van der Waals surface area contributed by atoms with Gasteiger partial charge < -0.3 is 10.1 Å². The molecule has 1 aromatic rings. The molecule has 0 aliphatic carbocycles. The van der Waals surface area contributed by atoms with Crippen molar-refractivity contribution in [1.29, 1.82) is 0 Å². The molecule has 3 heteroatoms. The molecule has 1 unspecified atom stereocenters. The Morgan fingerprint density at radius 3 is 3.12 bits per heavy atom. The van der Waals surface area contributed by atoms with Gasteiger partial charge >= 0.3 is 0 Å². The van der Waals surface area contributed by atoms with Gasteiger partial charge in [-0.1, -0.05) is 12.1 Å². The van der Waals surface area contributed by atoms with E-state index in [4.69, 9.17) is 4.74 Å². The summed E-state index contributed by atoms with van der Waals surface area (Å²) in [6.45, 7) is 2.64. The third kappa shape index (κ3) is 4.44. The first kappa shape index (κ1) is 12.5. The van der Waals surface area contributed by atoms with Gasteiger partial charge in [0.05, 0.1) is 6.10 Å². The molecule has 17 heavy (non-hydrogen) atoms. The normalized spacial score (nSPS) is 19.7. The lowest BCUT2D eigenvalue weighted by atomic mass is 10.1. The van der Waals surface area contributed by atoms with Crippen molar-refractivity contribution >= 4 is 0 Å². The molecule has 1 saturated heterocycles. The van der Waals surface area contributed by atoms with Gasteiger partial charge in [-0.05, 0) is 49.9 Å². The van der Waals surface area contributed by atoms with Gasteiger partial charge in [-0.2, -0.15) is 0 Å². The predicted octanol–water partition coefficient (Wildman–Crippen LogP) is 2.87. The Labute approximate surface area is 102 Å². The van der Waals surface area contributed by atoms with Crippen LogP contribution in [0.1, 0.15) is 31.2 Å². The first-order valence-electron chi connectivity index (χ1n) is 6.41. The highest BCUT2D eigenvalue weighted by molar-refractivity contribution is 5.15. The van der Waals surface area contributed by atoms with Crippen molar-refractivity contribution in [1.82, 2.24) is 5.32 Å². The molecule has 0 bridgehead atoms. The maximum absolute atomic E-state index is 12.9. The van der Waals surface area contributed by atoms with Gasteiger partial charge in [0, 0.05) is 13.2 Å². The first-order valence-corrected chi connectivity index (χ1v) is 6.41. The van der Waals surface area contributed by atoms with Gasteiger partial charge in [-0.25, -0.2) is 4.39 Å². The second kappa shape index (κ2) is 6.72. The quantitative estimate of drug-likeness (QED) is 0.768. The lowest BCUT2D eigenvalue weighted by Crippen LogP contribution is -2.16. The molecule has 1 aliphatic heterocycles. The zero-order valence-corrected chi connectivity index (χ0v) is 10.1. The molecule has 1 N–H and O–H groups in total. The molecule has 2 nitrogen and oxygen atoms in total. The summed E-state index contributed by atoms with van der Waals surface area (Å²) in [6, 6.07) is 6.74. The van der Waals surface area contributed by atoms with E-state index in [1.165, 1.54) is 18.9 Å². The molecule has 0 radical (unpaired) electrons. The van der Waals surface area contributed by atoms with Crippen LogP contribution >= 0.6 is 0 Å². The molecule has 1 fully saturated rings. The summed E-state index contributed by atoms with van der Waals surface area (Å²) >= 11 is 0. The summed E-state index contributed by atoms with van der Waals surface area (Å²) in [4.78, 5) is 0. The molecular formula is C14H20FNO. The molecule has 0 spiro atoms. The molecule has 1 heterocycles. The Bertz CT molecular complexity index is 337. The summed E-state index contributed by atoms with van der Waals surface area (Å²) in [5, 5.41) is 3.33. The fraction of sp³-hybridized carbons (Fsp3) is 0.571. The molecule has 0 saturated carbocycles. The number of hydrogen-bond donors (Lipinski definition) is 1. The Morgan fingerprint density at radius 1 is 1.41 bits per heavy atom. The monoisotopic (exact) mass is 237 g/mol. The highest BCUT2D eigenvalue weighted by atomic mass is 19.1. The van der Waals surface area contributed by atoms with Crippen molar-refractivity contribution in [2.45, 2.75) is 38.3 Å². The van der Waals surface area contributed by atoms with Crippen LogP contribution in [0.2, 0.25) is 0 Å². The van der Waals surface area contributed by atoms with Crippen molar-refractivity contribution < 1.29 is 9.13 Å². The molecule has 2 rings (SSSR count). The molecule has 0 amide bonds.